The van der Waals surface area contributed by atoms with Crippen LogP contribution in [0.5, 0.6) is 0 Å². The highest BCUT2D eigenvalue weighted by Gasteiger charge is 2.31. The van der Waals surface area contributed by atoms with Crippen LogP contribution in [0.2, 0.25) is 0 Å². The molecule has 23 heavy (non-hydrogen) atoms. The number of hydrogen-bond acceptors (Lipinski definition) is 5. The molecule has 3 rings (SSSR count). The van der Waals surface area contributed by atoms with Crippen LogP contribution in [0.15, 0.2) is 16.7 Å². The van der Waals surface area contributed by atoms with E-state index in [-0.39, 0.29) is 23.8 Å². The maximum Gasteiger partial charge on any atom is 0.320 e. The van der Waals surface area contributed by atoms with Crippen molar-refractivity contribution in [2.75, 3.05) is 6.54 Å². The molecule has 0 saturated carbocycles. The molecule has 1 aromatic carbocycles. The molecule has 2 heterocycles. The number of carboxylic acid groups (broad SMARTS) is 1. The number of benzene rings is 1. The van der Waals surface area contributed by atoms with E-state index in [0.717, 1.165) is 18.6 Å². The summed E-state index contributed by atoms with van der Waals surface area (Å²) in [6, 6.07) is 0.914. The Hall–Kier alpha value is -2.42. The molecule has 9 heteroatoms. The Bertz CT molecular complexity index is 727. The summed E-state index contributed by atoms with van der Waals surface area (Å²) in [6.45, 7) is 0.699. The van der Waals surface area contributed by atoms with Gasteiger partial charge in [-0.1, -0.05) is 5.16 Å². The average Bonchev–Trinajstić information content (AvgIpc) is 3.14. The van der Waals surface area contributed by atoms with Crippen molar-refractivity contribution in [2.45, 2.75) is 25.4 Å². The first kappa shape index (κ1) is 15.5. The highest BCUT2D eigenvalue weighted by atomic mass is 19.2. The minimum atomic E-state index is -1.57. The maximum absolute atomic E-state index is 13.2. The van der Waals surface area contributed by atoms with Crippen molar-refractivity contribution in [3.05, 3.63) is 35.5 Å². The SMILES string of the molecule is O=C(O)C1CCCN1Cc1nc(-c2cc(F)c(F)c(F)c2)no1. The second-order valence-corrected chi connectivity index (χ2v) is 5.23. The minimum absolute atomic E-state index is 0.0624. The van der Waals surface area contributed by atoms with E-state index < -0.39 is 29.5 Å². The first-order chi connectivity index (χ1) is 11.0. The monoisotopic (exact) mass is 327 g/mol. The molecular weight excluding hydrogens is 315 g/mol. The zero-order valence-corrected chi connectivity index (χ0v) is 11.8. The Morgan fingerprint density at radius 1 is 1.35 bits per heavy atom. The molecule has 1 saturated heterocycles. The number of aromatic nitrogens is 2. The van der Waals surface area contributed by atoms with Crippen molar-refractivity contribution in [3.63, 3.8) is 0 Å². The predicted molar refractivity (Wildman–Crippen MR) is 70.7 cm³/mol. The molecule has 6 nitrogen and oxygen atoms in total. The summed E-state index contributed by atoms with van der Waals surface area (Å²) in [5.41, 5.74) is -0.0624. The first-order valence-corrected chi connectivity index (χ1v) is 6.90. The van der Waals surface area contributed by atoms with Gasteiger partial charge in [0.1, 0.15) is 6.04 Å². The van der Waals surface area contributed by atoms with Crippen molar-refractivity contribution in [1.29, 1.82) is 0 Å². The fraction of sp³-hybridized carbons (Fsp3) is 0.357. The van der Waals surface area contributed by atoms with Crippen LogP contribution in [0.25, 0.3) is 11.4 Å². The van der Waals surface area contributed by atoms with Gasteiger partial charge < -0.3 is 9.63 Å². The van der Waals surface area contributed by atoms with Gasteiger partial charge in [-0.05, 0) is 31.5 Å². The van der Waals surface area contributed by atoms with Crippen LogP contribution in [0.1, 0.15) is 18.7 Å². The molecule has 0 radical (unpaired) electrons. The van der Waals surface area contributed by atoms with Gasteiger partial charge in [-0.15, -0.1) is 0 Å². The van der Waals surface area contributed by atoms with Gasteiger partial charge in [0.25, 0.3) is 0 Å². The van der Waals surface area contributed by atoms with Crippen molar-refractivity contribution in [2.24, 2.45) is 0 Å². The quantitative estimate of drug-likeness (QED) is 0.867. The molecule has 0 spiro atoms. The van der Waals surface area contributed by atoms with E-state index in [1.54, 1.807) is 4.90 Å². The second kappa shape index (κ2) is 5.99. The summed E-state index contributed by atoms with van der Waals surface area (Å²) in [6.07, 6.45) is 1.27. The highest BCUT2D eigenvalue weighted by Crippen LogP contribution is 2.23. The normalized spacial score (nSPS) is 18.5. The molecule has 1 aromatic heterocycles. The van der Waals surface area contributed by atoms with Crippen LogP contribution in [0, 0.1) is 17.5 Å². The van der Waals surface area contributed by atoms with Gasteiger partial charge in [0.2, 0.25) is 11.7 Å². The number of rotatable bonds is 4. The topological polar surface area (TPSA) is 79.5 Å². The number of aliphatic carboxylic acids is 1. The third-order valence-electron chi connectivity index (χ3n) is 3.70. The van der Waals surface area contributed by atoms with Gasteiger partial charge in [-0.3, -0.25) is 9.69 Å². The molecule has 1 fully saturated rings. The zero-order chi connectivity index (χ0) is 16.6. The lowest BCUT2D eigenvalue weighted by Crippen LogP contribution is -2.35. The number of nitrogens with zero attached hydrogens (tertiary/aromatic N) is 3. The Balaban J connectivity index is 1.80. The summed E-state index contributed by atoms with van der Waals surface area (Å²) < 4.78 is 44.4. The molecule has 1 N–H and O–H groups in total. The van der Waals surface area contributed by atoms with Crippen molar-refractivity contribution < 1.29 is 27.6 Å². The van der Waals surface area contributed by atoms with Crippen LogP contribution in [-0.4, -0.2) is 38.7 Å². The largest absolute Gasteiger partial charge is 0.480 e. The molecule has 2 aromatic rings. The van der Waals surface area contributed by atoms with Crippen LogP contribution >= 0.6 is 0 Å². The smallest absolute Gasteiger partial charge is 0.320 e. The van der Waals surface area contributed by atoms with Crippen molar-refractivity contribution in [3.8, 4) is 11.4 Å². The number of carboxylic acids is 1. The van der Waals surface area contributed by atoms with E-state index in [4.69, 9.17) is 9.63 Å². The molecule has 1 aliphatic rings. The molecule has 0 amide bonds. The van der Waals surface area contributed by atoms with E-state index in [0.29, 0.717) is 13.0 Å². The van der Waals surface area contributed by atoms with Crippen LogP contribution in [0.3, 0.4) is 0 Å². The fourth-order valence-corrected chi connectivity index (χ4v) is 2.59. The Kier molecular flexibility index (Phi) is 4.03. The first-order valence-electron chi connectivity index (χ1n) is 6.90. The number of hydrogen-bond donors (Lipinski definition) is 1. The third kappa shape index (κ3) is 3.04. The van der Waals surface area contributed by atoms with Gasteiger partial charge >= 0.3 is 5.97 Å². The zero-order valence-electron chi connectivity index (χ0n) is 11.8. The highest BCUT2D eigenvalue weighted by molar-refractivity contribution is 5.73. The van der Waals surface area contributed by atoms with E-state index in [9.17, 15) is 18.0 Å². The summed E-state index contributed by atoms with van der Waals surface area (Å²) >= 11 is 0. The van der Waals surface area contributed by atoms with Gasteiger partial charge in [-0.25, -0.2) is 13.2 Å². The second-order valence-electron chi connectivity index (χ2n) is 5.23. The standard InChI is InChI=1S/C14H12F3N3O3/c15-8-4-7(5-9(16)12(8)17)13-18-11(23-19-13)6-20-3-1-2-10(20)14(21)22/h4-5,10H,1-3,6H2,(H,21,22). The molecule has 1 aliphatic heterocycles. The summed E-state index contributed by atoms with van der Waals surface area (Å²) in [4.78, 5) is 16.8. The molecule has 122 valence electrons. The fourth-order valence-electron chi connectivity index (χ4n) is 2.59. The number of carbonyl (C=O) groups is 1. The van der Waals surface area contributed by atoms with Gasteiger partial charge in [-0.2, -0.15) is 4.98 Å². The van der Waals surface area contributed by atoms with Crippen LogP contribution in [-0.2, 0) is 11.3 Å². The van der Waals surface area contributed by atoms with E-state index in [2.05, 4.69) is 10.1 Å². The van der Waals surface area contributed by atoms with E-state index in [1.807, 2.05) is 0 Å². The van der Waals surface area contributed by atoms with Crippen molar-refractivity contribution in [1.82, 2.24) is 15.0 Å². The lowest BCUT2D eigenvalue weighted by Gasteiger charge is -2.18. The maximum atomic E-state index is 13.2. The Labute approximate surface area is 128 Å². The molecule has 0 bridgehead atoms. The van der Waals surface area contributed by atoms with Crippen LogP contribution in [0.4, 0.5) is 13.2 Å². The Morgan fingerprint density at radius 3 is 2.70 bits per heavy atom. The summed E-state index contributed by atoms with van der Waals surface area (Å²) in [7, 11) is 0. The summed E-state index contributed by atoms with van der Waals surface area (Å²) in [5.74, 6) is -5.17. The van der Waals surface area contributed by atoms with Crippen LogP contribution < -0.4 is 0 Å². The lowest BCUT2D eigenvalue weighted by molar-refractivity contribution is -0.142. The molecule has 1 atom stereocenters. The molecular formula is C14H12F3N3O3. The average molecular weight is 327 g/mol. The number of likely N-dealkylation sites (tertiary alicyclic amines) is 1. The van der Waals surface area contributed by atoms with E-state index >= 15 is 0 Å². The Morgan fingerprint density at radius 2 is 2.04 bits per heavy atom. The summed E-state index contributed by atoms with van der Waals surface area (Å²) in [5, 5.41) is 12.7. The predicted octanol–water partition coefficient (Wildman–Crippen LogP) is 2.20. The molecule has 1 unspecified atom stereocenters. The van der Waals surface area contributed by atoms with E-state index in [1.165, 1.54) is 0 Å². The van der Waals surface area contributed by atoms with Gasteiger partial charge in [0.05, 0.1) is 6.54 Å². The minimum Gasteiger partial charge on any atom is -0.480 e. The van der Waals surface area contributed by atoms with Gasteiger partial charge in [0, 0.05) is 5.56 Å². The molecule has 0 aliphatic carbocycles. The number of halogens is 3. The van der Waals surface area contributed by atoms with Crippen molar-refractivity contribution >= 4 is 5.97 Å². The lowest BCUT2D eigenvalue weighted by atomic mass is 10.2. The van der Waals surface area contributed by atoms with Gasteiger partial charge in [0.15, 0.2) is 17.5 Å². The third-order valence-corrected chi connectivity index (χ3v) is 3.70.